The molecule has 4 bridgehead atoms. The van der Waals surface area contributed by atoms with Crippen LogP contribution in [-0.4, -0.2) is 22.0 Å². The minimum Gasteiger partial charge on any atom is -0.326 e. The number of aryl methyl sites for hydroxylation is 1. The zero-order chi connectivity index (χ0) is 22.8. The van der Waals surface area contributed by atoms with Crippen LogP contribution in [0.3, 0.4) is 0 Å². The van der Waals surface area contributed by atoms with E-state index in [1.165, 1.54) is 30.8 Å². The summed E-state index contributed by atoms with van der Waals surface area (Å²) in [6.45, 7) is 1.61. The highest BCUT2D eigenvalue weighted by Gasteiger charge is 2.54. The van der Waals surface area contributed by atoms with Crippen LogP contribution in [0, 0.1) is 30.1 Å². The first kappa shape index (κ1) is 21.2. The Morgan fingerprint density at radius 3 is 2.22 bits per heavy atom. The van der Waals surface area contributed by atoms with Crippen LogP contribution in [0.25, 0.3) is 10.9 Å². The van der Waals surface area contributed by atoms with Crippen molar-refractivity contribution in [3.63, 3.8) is 0 Å². The summed E-state index contributed by atoms with van der Waals surface area (Å²) in [5.41, 5.74) is -0.384. The molecule has 4 aliphatic carbocycles. The number of carbonyl (C=O) groups excluding carboxylic acids is 2. The molecule has 4 saturated carbocycles. The van der Waals surface area contributed by atoms with Gasteiger partial charge in [-0.05, 0) is 80.9 Å². The van der Waals surface area contributed by atoms with Crippen molar-refractivity contribution in [1.29, 1.82) is 0 Å². The lowest BCUT2D eigenvalue weighted by atomic mass is 9.49. The monoisotopic (exact) mass is 447 g/mol. The molecule has 6 rings (SSSR count). The number of aromatic nitrogens is 1. The Morgan fingerprint density at radius 1 is 1.09 bits per heavy atom. The van der Waals surface area contributed by atoms with Crippen LogP contribution in [0.5, 0.6) is 0 Å². The number of nitrogens with one attached hydrogen (secondary N) is 2. The maximum absolute atomic E-state index is 13.9. The van der Waals surface area contributed by atoms with E-state index in [0.29, 0.717) is 23.3 Å². The summed E-state index contributed by atoms with van der Waals surface area (Å²) in [6, 6.07) is 2.84. The summed E-state index contributed by atoms with van der Waals surface area (Å²) in [6.07, 6.45) is 2.00. The van der Waals surface area contributed by atoms with Crippen LogP contribution in [0.15, 0.2) is 18.3 Å². The van der Waals surface area contributed by atoms with Crippen LogP contribution < -0.4 is 10.8 Å². The summed E-state index contributed by atoms with van der Waals surface area (Å²) in [5, 5.41) is 11.5. The van der Waals surface area contributed by atoms with Crippen molar-refractivity contribution < 1.29 is 28.0 Å². The number of alkyl halides is 3. The number of hydroxylamine groups is 1. The molecule has 4 aliphatic rings. The summed E-state index contributed by atoms with van der Waals surface area (Å²) in [4.78, 5) is 29.2. The molecule has 1 aromatic carbocycles. The van der Waals surface area contributed by atoms with E-state index in [9.17, 15) is 22.8 Å². The fraction of sp³-hybridized carbons (Fsp3) is 0.522. The van der Waals surface area contributed by atoms with Gasteiger partial charge in [0.15, 0.2) is 0 Å². The highest BCUT2D eigenvalue weighted by atomic mass is 19.4. The van der Waals surface area contributed by atoms with E-state index in [0.717, 1.165) is 25.5 Å². The second-order valence-electron chi connectivity index (χ2n) is 9.83. The third kappa shape index (κ3) is 3.34. The van der Waals surface area contributed by atoms with Crippen molar-refractivity contribution in [2.75, 3.05) is 5.32 Å². The van der Waals surface area contributed by atoms with Gasteiger partial charge in [0.25, 0.3) is 5.91 Å². The molecule has 0 unspecified atom stereocenters. The van der Waals surface area contributed by atoms with Crippen molar-refractivity contribution >= 4 is 28.4 Å². The maximum Gasteiger partial charge on any atom is 0.417 e. The first-order valence-electron chi connectivity index (χ1n) is 10.9. The Labute approximate surface area is 182 Å². The molecule has 0 spiro atoms. The van der Waals surface area contributed by atoms with Gasteiger partial charge in [0.05, 0.1) is 22.1 Å². The van der Waals surface area contributed by atoms with Gasteiger partial charge < -0.3 is 5.32 Å². The van der Waals surface area contributed by atoms with Gasteiger partial charge in [-0.2, -0.15) is 13.2 Å². The van der Waals surface area contributed by atoms with Crippen molar-refractivity contribution in [2.24, 2.45) is 23.2 Å². The molecule has 1 aromatic heterocycles. The lowest BCUT2D eigenvalue weighted by molar-refractivity contribution is -0.140. The number of amides is 2. The SMILES string of the molecule is Cc1cc(NC(=O)C23CC4CC(CC(C4)C2)C3)cc2c(C(F)(F)F)c(C(=O)NO)cnc12. The van der Waals surface area contributed by atoms with Crippen molar-refractivity contribution in [2.45, 2.75) is 51.6 Å². The molecular weight excluding hydrogens is 423 g/mol. The van der Waals surface area contributed by atoms with Crippen molar-refractivity contribution in [3.05, 3.63) is 35.0 Å². The number of rotatable bonds is 3. The fourth-order valence-corrected chi connectivity index (χ4v) is 6.74. The second kappa shape index (κ2) is 7.16. The van der Waals surface area contributed by atoms with Gasteiger partial charge >= 0.3 is 6.18 Å². The number of hydrogen-bond acceptors (Lipinski definition) is 4. The molecule has 0 aliphatic heterocycles. The minimum atomic E-state index is -4.86. The van der Waals surface area contributed by atoms with Gasteiger partial charge in [-0.25, -0.2) is 5.48 Å². The first-order chi connectivity index (χ1) is 15.1. The van der Waals surface area contributed by atoms with Gasteiger partial charge in [-0.15, -0.1) is 0 Å². The molecular formula is C23H24F3N3O3. The van der Waals surface area contributed by atoms with Gasteiger partial charge in [0, 0.05) is 17.3 Å². The highest BCUT2D eigenvalue weighted by Crippen LogP contribution is 2.60. The molecule has 0 saturated heterocycles. The number of hydrogen-bond donors (Lipinski definition) is 3. The third-order valence-electron chi connectivity index (χ3n) is 7.57. The Morgan fingerprint density at radius 2 is 1.69 bits per heavy atom. The third-order valence-corrected chi connectivity index (χ3v) is 7.57. The van der Waals surface area contributed by atoms with E-state index in [-0.39, 0.29) is 22.5 Å². The van der Waals surface area contributed by atoms with Crippen LogP contribution in [0.1, 0.15) is 60.0 Å². The molecule has 170 valence electrons. The van der Waals surface area contributed by atoms with E-state index < -0.39 is 28.6 Å². The minimum absolute atomic E-state index is 0.0830. The standard InChI is InChI=1S/C23H24F3N3O3/c1-11-2-15(28-21(31)22-7-12-3-13(8-22)5-14(4-12)9-22)6-16-18(23(24,25)26)17(20(30)29-32)10-27-19(11)16/h2,6,10,12-14,32H,3-5,7-9H2,1H3,(H,28,31)(H,29,30). The van der Waals surface area contributed by atoms with E-state index in [1.807, 2.05) is 0 Å². The molecule has 9 heteroatoms. The summed E-state index contributed by atoms with van der Waals surface area (Å²) in [5.74, 6) is 0.260. The Bertz CT molecular complexity index is 1090. The summed E-state index contributed by atoms with van der Waals surface area (Å²) < 4.78 is 41.8. The van der Waals surface area contributed by atoms with Crippen molar-refractivity contribution in [3.8, 4) is 0 Å². The van der Waals surface area contributed by atoms with Crippen LogP contribution in [0.4, 0.5) is 18.9 Å². The molecule has 3 N–H and O–H groups in total. The van der Waals surface area contributed by atoms with E-state index in [2.05, 4.69) is 10.3 Å². The Balaban J connectivity index is 1.55. The number of carbonyl (C=O) groups is 2. The van der Waals surface area contributed by atoms with E-state index in [4.69, 9.17) is 5.21 Å². The number of nitrogens with zero attached hydrogens (tertiary/aromatic N) is 1. The quantitative estimate of drug-likeness (QED) is 0.464. The normalized spacial score (nSPS) is 28.7. The lowest BCUT2D eigenvalue weighted by Crippen LogP contribution is -2.51. The average molecular weight is 447 g/mol. The summed E-state index contributed by atoms with van der Waals surface area (Å²) >= 11 is 0. The summed E-state index contributed by atoms with van der Waals surface area (Å²) in [7, 11) is 0. The van der Waals surface area contributed by atoms with Gasteiger partial charge in [-0.3, -0.25) is 19.8 Å². The maximum atomic E-state index is 13.9. The molecule has 6 nitrogen and oxygen atoms in total. The van der Waals surface area contributed by atoms with Crippen LogP contribution in [-0.2, 0) is 11.0 Å². The average Bonchev–Trinajstić information content (AvgIpc) is 2.70. The van der Waals surface area contributed by atoms with Crippen LogP contribution in [0.2, 0.25) is 0 Å². The second-order valence-corrected chi connectivity index (χ2v) is 9.83. The molecule has 32 heavy (non-hydrogen) atoms. The Hall–Kier alpha value is -2.68. The molecule has 1 heterocycles. The topological polar surface area (TPSA) is 91.3 Å². The fourth-order valence-electron chi connectivity index (χ4n) is 6.74. The first-order valence-corrected chi connectivity index (χ1v) is 10.9. The van der Waals surface area contributed by atoms with Gasteiger partial charge in [0.2, 0.25) is 5.91 Å². The highest BCUT2D eigenvalue weighted by molar-refractivity contribution is 6.03. The van der Waals surface area contributed by atoms with E-state index >= 15 is 0 Å². The zero-order valence-corrected chi connectivity index (χ0v) is 17.6. The zero-order valence-electron chi connectivity index (χ0n) is 17.6. The number of fused-ring (bicyclic) bond motifs is 1. The molecule has 0 radical (unpaired) electrons. The lowest BCUT2D eigenvalue weighted by Gasteiger charge is -2.55. The van der Waals surface area contributed by atoms with Crippen molar-refractivity contribution in [1.82, 2.24) is 10.5 Å². The molecule has 2 amide bonds. The smallest absolute Gasteiger partial charge is 0.326 e. The predicted octanol–water partition coefficient (Wildman–Crippen LogP) is 4.84. The Kier molecular flexibility index (Phi) is 4.74. The van der Waals surface area contributed by atoms with Crippen LogP contribution >= 0.6 is 0 Å². The van der Waals surface area contributed by atoms with E-state index in [1.54, 1.807) is 13.0 Å². The predicted molar refractivity (Wildman–Crippen MR) is 110 cm³/mol. The number of anilines is 1. The molecule has 0 atom stereocenters. The van der Waals surface area contributed by atoms with Gasteiger partial charge in [0.1, 0.15) is 0 Å². The largest absolute Gasteiger partial charge is 0.417 e. The molecule has 4 fully saturated rings. The number of pyridine rings is 1. The number of benzene rings is 1. The molecule has 2 aromatic rings. The number of halogens is 3. The van der Waals surface area contributed by atoms with Gasteiger partial charge in [-0.1, -0.05) is 0 Å².